The normalized spacial score (nSPS) is 18.2. The number of benzene rings is 1. The predicted octanol–water partition coefficient (Wildman–Crippen LogP) is 0.925. The Labute approximate surface area is 149 Å². The molecule has 0 saturated carbocycles. The van der Waals surface area contributed by atoms with Crippen LogP contribution in [0.1, 0.15) is 30.1 Å². The van der Waals surface area contributed by atoms with Gasteiger partial charge in [-0.05, 0) is 37.0 Å². The van der Waals surface area contributed by atoms with E-state index in [1.165, 1.54) is 38.4 Å². The second-order valence-corrected chi connectivity index (χ2v) is 8.74. The zero-order valence-corrected chi connectivity index (χ0v) is 15.7. The summed E-state index contributed by atoms with van der Waals surface area (Å²) in [6.45, 7) is 3.45. The van der Waals surface area contributed by atoms with Crippen molar-refractivity contribution >= 4 is 21.8 Å². The summed E-state index contributed by atoms with van der Waals surface area (Å²) in [6, 6.07) is 5.79. The molecule has 0 bridgehead atoms. The monoisotopic (exact) mass is 367 g/mol. The minimum Gasteiger partial charge on any atom is -0.343 e. The maximum Gasteiger partial charge on any atom is 0.251 e. The Bertz CT molecular complexity index is 746. The first kappa shape index (κ1) is 19.4. The second kappa shape index (κ2) is 7.97. The van der Waals surface area contributed by atoms with Gasteiger partial charge < -0.3 is 10.2 Å². The number of sulfonamides is 1. The Kier molecular flexibility index (Phi) is 6.18. The van der Waals surface area contributed by atoms with E-state index in [1.54, 1.807) is 4.90 Å². The molecule has 7 nitrogen and oxygen atoms in total. The number of piperidine rings is 1. The molecule has 0 aliphatic carbocycles. The number of nitrogens with one attached hydrogen (secondary N) is 1. The van der Waals surface area contributed by atoms with Crippen molar-refractivity contribution in [1.29, 1.82) is 0 Å². The van der Waals surface area contributed by atoms with Gasteiger partial charge in [0.1, 0.15) is 0 Å². The number of rotatable bonds is 5. The Morgan fingerprint density at radius 1 is 1.32 bits per heavy atom. The molecule has 0 spiro atoms. The van der Waals surface area contributed by atoms with Crippen molar-refractivity contribution in [2.45, 2.75) is 24.7 Å². The quantitative estimate of drug-likeness (QED) is 0.839. The predicted molar refractivity (Wildman–Crippen MR) is 94.6 cm³/mol. The first-order valence-electron chi connectivity index (χ1n) is 8.30. The van der Waals surface area contributed by atoms with Crippen molar-refractivity contribution < 1.29 is 18.0 Å². The lowest BCUT2D eigenvalue weighted by molar-refractivity contribution is -0.131. The van der Waals surface area contributed by atoms with Gasteiger partial charge in [0.05, 0.1) is 11.4 Å². The summed E-state index contributed by atoms with van der Waals surface area (Å²) in [5, 5.41) is 2.58. The van der Waals surface area contributed by atoms with E-state index in [4.69, 9.17) is 0 Å². The number of amides is 2. The van der Waals surface area contributed by atoms with E-state index in [-0.39, 0.29) is 22.9 Å². The highest BCUT2D eigenvalue weighted by molar-refractivity contribution is 7.89. The molecule has 1 fully saturated rings. The lowest BCUT2D eigenvalue weighted by atomic mass is 10.0. The van der Waals surface area contributed by atoms with E-state index >= 15 is 0 Å². The molecular weight excluding hydrogens is 342 g/mol. The number of hydrogen-bond acceptors (Lipinski definition) is 4. The van der Waals surface area contributed by atoms with Gasteiger partial charge in [-0.15, -0.1) is 0 Å². The van der Waals surface area contributed by atoms with Crippen molar-refractivity contribution in [2.24, 2.45) is 5.92 Å². The molecule has 8 heteroatoms. The SMILES string of the molecule is C[C@H]1CCCN(C(=O)CNC(=O)c2cccc(S(=O)(=O)N(C)C)c2)C1. The molecule has 1 aliphatic rings. The van der Waals surface area contributed by atoms with Gasteiger partial charge in [-0.3, -0.25) is 9.59 Å². The fraction of sp³-hybridized carbons (Fsp3) is 0.529. The van der Waals surface area contributed by atoms with E-state index in [1.807, 2.05) is 0 Å². The summed E-state index contributed by atoms with van der Waals surface area (Å²) in [7, 11) is -0.747. The summed E-state index contributed by atoms with van der Waals surface area (Å²) in [5.74, 6) is -0.104. The Hall–Kier alpha value is -1.93. The molecule has 0 aromatic heterocycles. The van der Waals surface area contributed by atoms with Crippen molar-refractivity contribution in [2.75, 3.05) is 33.7 Å². The van der Waals surface area contributed by atoms with Gasteiger partial charge >= 0.3 is 0 Å². The van der Waals surface area contributed by atoms with Crippen LogP contribution in [0.15, 0.2) is 29.2 Å². The van der Waals surface area contributed by atoms with Gasteiger partial charge in [0.15, 0.2) is 0 Å². The number of carbonyl (C=O) groups excluding carboxylic acids is 2. The van der Waals surface area contributed by atoms with Crippen LogP contribution in [0.5, 0.6) is 0 Å². The molecule has 1 aromatic carbocycles. The molecular formula is C17H25N3O4S. The van der Waals surface area contributed by atoms with Crippen molar-refractivity contribution in [3.05, 3.63) is 29.8 Å². The van der Waals surface area contributed by atoms with Gasteiger partial charge in [-0.25, -0.2) is 12.7 Å². The topological polar surface area (TPSA) is 86.8 Å². The van der Waals surface area contributed by atoms with Crippen LogP contribution in [0.3, 0.4) is 0 Å². The van der Waals surface area contributed by atoms with Crippen LogP contribution in [0.25, 0.3) is 0 Å². The molecule has 1 saturated heterocycles. The van der Waals surface area contributed by atoms with Crippen LogP contribution in [0.2, 0.25) is 0 Å². The van der Waals surface area contributed by atoms with Gasteiger partial charge in [0, 0.05) is 32.7 Å². The molecule has 138 valence electrons. The van der Waals surface area contributed by atoms with E-state index in [0.29, 0.717) is 12.5 Å². The van der Waals surface area contributed by atoms with E-state index in [0.717, 1.165) is 23.7 Å². The van der Waals surface area contributed by atoms with Crippen LogP contribution in [0, 0.1) is 5.92 Å². The fourth-order valence-electron chi connectivity index (χ4n) is 2.79. The van der Waals surface area contributed by atoms with Crippen molar-refractivity contribution in [3.8, 4) is 0 Å². The zero-order chi connectivity index (χ0) is 18.6. The Morgan fingerprint density at radius 2 is 2.04 bits per heavy atom. The van der Waals surface area contributed by atoms with E-state index in [2.05, 4.69) is 12.2 Å². The lowest BCUT2D eigenvalue weighted by Gasteiger charge is -2.31. The number of carbonyl (C=O) groups is 2. The smallest absolute Gasteiger partial charge is 0.251 e. The molecule has 1 aromatic rings. The van der Waals surface area contributed by atoms with E-state index in [9.17, 15) is 18.0 Å². The number of hydrogen-bond donors (Lipinski definition) is 1. The summed E-state index contributed by atoms with van der Waals surface area (Å²) in [5.41, 5.74) is 0.211. The molecule has 0 unspecified atom stereocenters. The van der Waals surface area contributed by atoms with Crippen LogP contribution >= 0.6 is 0 Å². The van der Waals surface area contributed by atoms with Gasteiger partial charge in [-0.2, -0.15) is 0 Å². The zero-order valence-electron chi connectivity index (χ0n) is 14.9. The van der Waals surface area contributed by atoms with Crippen molar-refractivity contribution in [3.63, 3.8) is 0 Å². The van der Waals surface area contributed by atoms with E-state index < -0.39 is 15.9 Å². The Balaban J connectivity index is 2.00. The highest BCUT2D eigenvalue weighted by atomic mass is 32.2. The third-order valence-corrected chi connectivity index (χ3v) is 6.10. The summed E-state index contributed by atoms with van der Waals surface area (Å²) in [4.78, 5) is 26.3. The summed E-state index contributed by atoms with van der Waals surface area (Å²) in [6.07, 6.45) is 2.09. The average Bonchev–Trinajstić information content (AvgIpc) is 2.59. The standard InChI is InChI=1S/C17H25N3O4S/c1-13-6-5-9-20(12-13)16(21)11-18-17(22)14-7-4-8-15(10-14)25(23,24)19(2)3/h4,7-8,10,13H,5-6,9,11-12H2,1-3H3,(H,18,22)/t13-/m0/s1. The Morgan fingerprint density at radius 3 is 2.68 bits per heavy atom. The molecule has 1 heterocycles. The van der Waals surface area contributed by atoms with Crippen LogP contribution in [-0.4, -0.2) is 63.2 Å². The van der Waals surface area contributed by atoms with Gasteiger partial charge in [0.25, 0.3) is 5.91 Å². The van der Waals surface area contributed by atoms with Crippen LogP contribution in [0.4, 0.5) is 0 Å². The minimum absolute atomic E-state index is 0.0429. The first-order valence-corrected chi connectivity index (χ1v) is 9.74. The maximum absolute atomic E-state index is 12.3. The molecule has 25 heavy (non-hydrogen) atoms. The maximum atomic E-state index is 12.3. The van der Waals surface area contributed by atoms with Crippen molar-refractivity contribution in [1.82, 2.24) is 14.5 Å². The molecule has 1 aliphatic heterocycles. The average molecular weight is 367 g/mol. The van der Waals surface area contributed by atoms with Crippen LogP contribution < -0.4 is 5.32 Å². The third kappa shape index (κ3) is 4.79. The van der Waals surface area contributed by atoms with Crippen LogP contribution in [-0.2, 0) is 14.8 Å². The number of likely N-dealkylation sites (tertiary alicyclic amines) is 1. The molecule has 1 atom stereocenters. The largest absolute Gasteiger partial charge is 0.343 e. The van der Waals surface area contributed by atoms with Gasteiger partial charge in [0.2, 0.25) is 15.9 Å². The lowest BCUT2D eigenvalue weighted by Crippen LogP contribution is -2.44. The molecule has 2 rings (SSSR count). The third-order valence-electron chi connectivity index (χ3n) is 4.28. The summed E-state index contributed by atoms with van der Waals surface area (Å²) < 4.78 is 25.4. The van der Waals surface area contributed by atoms with Gasteiger partial charge in [-0.1, -0.05) is 13.0 Å². The highest BCUT2D eigenvalue weighted by Crippen LogP contribution is 2.16. The highest BCUT2D eigenvalue weighted by Gasteiger charge is 2.22. The molecule has 1 N–H and O–H groups in total. The molecule has 0 radical (unpaired) electrons. The fourth-order valence-corrected chi connectivity index (χ4v) is 3.74. The second-order valence-electron chi connectivity index (χ2n) is 6.59. The minimum atomic E-state index is -3.61. The first-order chi connectivity index (χ1) is 11.7. The summed E-state index contributed by atoms with van der Waals surface area (Å²) >= 11 is 0. The molecule has 2 amide bonds. The number of nitrogens with zero attached hydrogens (tertiary/aromatic N) is 2.